The van der Waals surface area contributed by atoms with Gasteiger partial charge in [0, 0.05) is 0 Å². The molecular weight excluding hydrogens is 621 g/mol. The van der Waals surface area contributed by atoms with E-state index >= 15 is 0 Å². The summed E-state index contributed by atoms with van der Waals surface area (Å²) in [4.78, 5) is 0. The van der Waals surface area contributed by atoms with E-state index in [0.29, 0.717) is 17.9 Å². The van der Waals surface area contributed by atoms with Crippen LogP contribution in [0, 0.1) is 13.8 Å². The van der Waals surface area contributed by atoms with E-state index < -0.39 is 6.86 Å². The topological polar surface area (TPSA) is 36.9 Å². The van der Waals surface area contributed by atoms with Crippen LogP contribution in [0.2, 0.25) is 20.1 Å². The maximum absolute atomic E-state index is 7.47. The summed E-state index contributed by atoms with van der Waals surface area (Å²) in [5.41, 5.74) is 5.27. The van der Waals surface area contributed by atoms with Crippen LogP contribution in [0.15, 0.2) is 24.3 Å². The van der Waals surface area contributed by atoms with Gasteiger partial charge in [-0.3, -0.25) is 0 Å². The van der Waals surface area contributed by atoms with Gasteiger partial charge in [-0.1, -0.05) is 0 Å². The second kappa shape index (κ2) is 9.12. The van der Waals surface area contributed by atoms with Crippen LogP contribution < -0.4 is 18.1 Å². The molecule has 0 saturated heterocycles. The van der Waals surface area contributed by atoms with E-state index in [4.69, 9.17) is 75.7 Å². The second-order valence-electron chi connectivity index (χ2n) is 12.3. The molecule has 0 unspecified atom stereocenters. The molecule has 39 heavy (non-hydrogen) atoms. The molecule has 0 fully saturated rings. The van der Waals surface area contributed by atoms with Crippen molar-refractivity contribution in [1.29, 1.82) is 0 Å². The van der Waals surface area contributed by atoms with Crippen molar-refractivity contribution >= 4 is 64.5 Å². The Morgan fingerprint density at radius 2 is 0.897 bits per heavy atom. The number of hydrogen-bond acceptors (Lipinski definition) is 4. The van der Waals surface area contributed by atoms with Crippen LogP contribution in [-0.4, -0.2) is 0 Å². The first-order valence-electron chi connectivity index (χ1n) is 12.5. The van der Waals surface area contributed by atoms with Crippen molar-refractivity contribution in [3.63, 3.8) is 0 Å². The number of hydrogen-bond donors (Lipinski definition) is 0. The summed E-state index contributed by atoms with van der Waals surface area (Å²) in [6.07, 6.45) is 0.551. The Bertz CT molecular complexity index is 1440. The molecule has 1 spiro atoms. The average Bonchev–Trinajstić information content (AvgIpc) is 3.12. The standard InChI is InChI=1S/C29H30Cl5O4P/c1-14-9-16-13-17-10-15(2)12-19(29(6,7)8)25(17)36-39(34,35-24(16)18(11-14)28(3,4)5)37-26-22(32)20(30)21(31)23(33)27(26)38-39/h9-12H,13H2,1-8H3. The summed E-state index contributed by atoms with van der Waals surface area (Å²) in [6, 6.07) is 8.34. The van der Waals surface area contributed by atoms with Gasteiger partial charge in [-0.2, -0.15) is 0 Å². The molecule has 0 aliphatic carbocycles. The van der Waals surface area contributed by atoms with Gasteiger partial charge in [0.2, 0.25) is 0 Å². The molecule has 0 atom stereocenters. The third-order valence-electron chi connectivity index (χ3n) is 6.75. The molecule has 0 N–H and O–H groups in total. The number of benzene rings is 3. The number of fused-ring (bicyclic) bond motifs is 3. The van der Waals surface area contributed by atoms with E-state index in [1.54, 1.807) is 0 Å². The van der Waals surface area contributed by atoms with E-state index in [1.165, 1.54) is 0 Å². The Morgan fingerprint density at radius 3 is 1.23 bits per heavy atom. The second-order valence-corrected chi connectivity index (χ2v) is 17.6. The van der Waals surface area contributed by atoms with Gasteiger partial charge in [-0.15, -0.1) is 0 Å². The van der Waals surface area contributed by atoms with Gasteiger partial charge in [0.05, 0.1) is 0 Å². The number of aryl methyl sites for hydroxylation is 2. The number of rotatable bonds is 0. The van der Waals surface area contributed by atoms with Crippen molar-refractivity contribution in [2.24, 2.45) is 0 Å². The van der Waals surface area contributed by atoms with Crippen molar-refractivity contribution in [2.75, 3.05) is 0 Å². The third-order valence-corrected chi connectivity index (χ3v) is 11.2. The van der Waals surface area contributed by atoms with Gasteiger partial charge in [0.1, 0.15) is 0 Å². The Kier molecular flexibility index (Phi) is 6.84. The van der Waals surface area contributed by atoms with Gasteiger partial charge in [0.15, 0.2) is 0 Å². The van der Waals surface area contributed by atoms with Gasteiger partial charge in [-0.05, 0) is 0 Å². The molecule has 2 aliphatic heterocycles. The fourth-order valence-corrected chi connectivity index (χ4v) is 8.95. The monoisotopic (exact) mass is 648 g/mol. The van der Waals surface area contributed by atoms with Crippen LogP contribution in [0.3, 0.4) is 0 Å². The summed E-state index contributed by atoms with van der Waals surface area (Å²) in [5, 5.41) is 0.0223. The van der Waals surface area contributed by atoms with Crippen LogP contribution in [0.5, 0.6) is 23.0 Å². The minimum atomic E-state index is -5.10. The first kappa shape index (κ1) is 29.2. The van der Waals surface area contributed by atoms with Crippen molar-refractivity contribution in [2.45, 2.75) is 72.6 Å². The quantitative estimate of drug-likeness (QED) is 0.138. The summed E-state index contributed by atoms with van der Waals surface area (Å²) in [5.74, 6) is 1.09. The summed E-state index contributed by atoms with van der Waals surface area (Å²) in [7, 11) is 0. The van der Waals surface area contributed by atoms with Gasteiger partial charge in [-0.25, -0.2) is 0 Å². The molecule has 3 aromatic rings. The van der Waals surface area contributed by atoms with Crippen molar-refractivity contribution in [3.8, 4) is 23.0 Å². The zero-order valence-electron chi connectivity index (χ0n) is 23.0. The molecule has 0 radical (unpaired) electrons. The molecule has 0 amide bonds. The molecule has 2 heterocycles. The Hall–Kier alpha value is -1.26. The number of halogens is 5. The van der Waals surface area contributed by atoms with Gasteiger partial charge in [0.25, 0.3) is 0 Å². The molecule has 2 aliphatic rings. The van der Waals surface area contributed by atoms with Crippen LogP contribution in [-0.2, 0) is 17.3 Å². The maximum atomic E-state index is 7.47. The van der Waals surface area contributed by atoms with Crippen LogP contribution >= 0.6 is 64.5 Å². The van der Waals surface area contributed by atoms with Crippen LogP contribution in [0.25, 0.3) is 0 Å². The fraction of sp³-hybridized carbons (Fsp3) is 0.379. The molecule has 0 bridgehead atoms. The average molecular weight is 651 g/mol. The molecule has 5 rings (SSSR count). The Balaban J connectivity index is 1.87. The van der Waals surface area contributed by atoms with E-state index in [9.17, 15) is 0 Å². The fourth-order valence-electron chi connectivity index (χ4n) is 4.95. The molecule has 0 aromatic heterocycles. The van der Waals surface area contributed by atoms with E-state index in [2.05, 4.69) is 79.7 Å². The van der Waals surface area contributed by atoms with Crippen molar-refractivity contribution < 1.29 is 18.1 Å². The summed E-state index contributed by atoms with van der Waals surface area (Å²) in [6.45, 7) is 11.6. The van der Waals surface area contributed by atoms with Crippen LogP contribution in [0.1, 0.15) is 74.9 Å². The first-order valence-corrected chi connectivity index (χ1v) is 16.8. The molecule has 3 aromatic carbocycles. The molecule has 10 heteroatoms. The summed E-state index contributed by atoms with van der Waals surface area (Å²) < 4.78 is 26.2. The normalized spacial score (nSPS) is 18.1. The predicted molar refractivity (Wildman–Crippen MR) is 164 cm³/mol. The molecule has 4 nitrogen and oxygen atoms in total. The SMILES string of the molecule is Cc1cc2c(c(C(C)(C)C)c1)OP1(Cl)(Oc3c(cc(C)cc3C(C)(C)C)C2)Oc2c(Cl)c(Cl)c(Cl)c(Cl)c2O1. The zero-order chi connectivity index (χ0) is 28.9. The van der Waals surface area contributed by atoms with Crippen LogP contribution in [0.4, 0.5) is 0 Å². The van der Waals surface area contributed by atoms with Gasteiger partial charge >= 0.3 is 256 Å². The molecule has 210 valence electrons. The van der Waals surface area contributed by atoms with Crippen molar-refractivity contribution in [3.05, 3.63) is 77.7 Å². The minimum absolute atomic E-state index is 0.00201. The molecule has 0 saturated carbocycles. The first-order chi connectivity index (χ1) is 17.8. The zero-order valence-corrected chi connectivity index (χ0v) is 27.7. The third kappa shape index (κ3) is 4.94. The predicted octanol–water partition coefficient (Wildman–Crippen LogP) is 11.7. The van der Waals surface area contributed by atoms with Gasteiger partial charge < -0.3 is 0 Å². The molecular formula is C29H30Cl5O4P. The Labute approximate surface area is 254 Å². The summed E-state index contributed by atoms with van der Waals surface area (Å²) >= 11 is 33.4. The van der Waals surface area contributed by atoms with E-state index in [0.717, 1.165) is 33.4 Å². The van der Waals surface area contributed by atoms with Crippen molar-refractivity contribution in [1.82, 2.24) is 0 Å². The van der Waals surface area contributed by atoms with E-state index in [-0.39, 0.29) is 42.4 Å². The Morgan fingerprint density at radius 1 is 0.564 bits per heavy atom. The van der Waals surface area contributed by atoms with E-state index in [1.807, 2.05) is 0 Å².